The number of hydrogen-bond donors (Lipinski definition) is 0. The molecule has 1 amide bonds. The van der Waals surface area contributed by atoms with Crippen LogP contribution in [-0.4, -0.2) is 37.1 Å². The number of amides is 1. The molecule has 76 valence electrons. The van der Waals surface area contributed by atoms with Gasteiger partial charge in [-0.25, -0.2) is 0 Å². The molecule has 3 heteroatoms. The summed E-state index contributed by atoms with van der Waals surface area (Å²) >= 11 is 0. The van der Waals surface area contributed by atoms with Crippen LogP contribution >= 0.6 is 0 Å². The van der Waals surface area contributed by atoms with Crippen LogP contribution < -0.4 is 0 Å². The Kier molecular flexibility index (Phi) is 2.96. The van der Waals surface area contributed by atoms with E-state index in [9.17, 15) is 4.79 Å². The number of carbonyl (C=O) groups excluding carboxylic acids is 1. The van der Waals surface area contributed by atoms with Gasteiger partial charge in [-0.05, 0) is 18.8 Å². The lowest BCUT2D eigenvalue weighted by Gasteiger charge is -2.22. The smallest absolute Gasteiger partial charge is 0.251 e. The maximum Gasteiger partial charge on any atom is 0.251 e. The third-order valence-corrected chi connectivity index (χ3v) is 2.69. The Bertz CT molecular complexity index is 201. The molecule has 0 bridgehead atoms. The van der Waals surface area contributed by atoms with Crippen LogP contribution in [0.25, 0.3) is 0 Å². The highest BCUT2D eigenvalue weighted by molar-refractivity contribution is 5.80. The van der Waals surface area contributed by atoms with Gasteiger partial charge in [0, 0.05) is 20.2 Å². The van der Waals surface area contributed by atoms with E-state index in [0.717, 1.165) is 19.5 Å². The number of hydrogen-bond acceptors (Lipinski definition) is 2. The maximum atomic E-state index is 11.7. The topological polar surface area (TPSA) is 29.5 Å². The highest BCUT2D eigenvalue weighted by atomic mass is 16.5. The summed E-state index contributed by atoms with van der Waals surface area (Å²) in [6, 6.07) is 0. The van der Waals surface area contributed by atoms with E-state index in [1.165, 1.54) is 0 Å². The summed E-state index contributed by atoms with van der Waals surface area (Å²) in [6.07, 6.45) is 0.795. The molecule has 0 radical (unpaired) electrons. The summed E-state index contributed by atoms with van der Waals surface area (Å²) in [5.74, 6) is 0.119. The zero-order chi connectivity index (χ0) is 10.1. The van der Waals surface area contributed by atoms with Gasteiger partial charge in [-0.3, -0.25) is 4.79 Å². The second-order valence-electron chi connectivity index (χ2n) is 4.55. The summed E-state index contributed by atoms with van der Waals surface area (Å²) in [6.45, 7) is 7.92. The predicted molar refractivity (Wildman–Crippen MR) is 51.4 cm³/mol. The van der Waals surface area contributed by atoms with Crippen molar-refractivity contribution in [1.29, 1.82) is 0 Å². The predicted octanol–water partition coefficient (Wildman–Crippen LogP) is 1.28. The van der Waals surface area contributed by atoms with Crippen LogP contribution in [0.15, 0.2) is 0 Å². The molecule has 1 atom stereocenters. The van der Waals surface area contributed by atoms with E-state index in [1.807, 2.05) is 4.90 Å². The fraction of sp³-hybridized carbons (Fsp3) is 0.900. The normalized spacial score (nSPS) is 23.2. The van der Waals surface area contributed by atoms with Crippen LogP contribution in [0.4, 0.5) is 0 Å². The minimum Gasteiger partial charge on any atom is -0.372 e. The van der Waals surface area contributed by atoms with E-state index in [2.05, 4.69) is 13.8 Å². The summed E-state index contributed by atoms with van der Waals surface area (Å²) < 4.78 is 5.00. The average molecular weight is 185 g/mol. The van der Waals surface area contributed by atoms with Gasteiger partial charge < -0.3 is 9.64 Å². The molecular weight excluding hydrogens is 166 g/mol. The lowest BCUT2D eigenvalue weighted by molar-refractivity contribution is -0.140. The molecule has 1 aliphatic rings. The molecule has 1 unspecified atom stereocenters. The van der Waals surface area contributed by atoms with Crippen molar-refractivity contribution in [1.82, 2.24) is 4.90 Å². The fourth-order valence-corrected chi connectivity index (χ4v) is 1.66. The summed E-state index contributed by atoms with van der Waals surface area (Å²) in [5, 5.41) is 0. The van der Waals surface area contributed by atoms with Gasteiger partial charge in [-0.2, -0.15) is 0 Å². The summed E-state index contributed by atoms with van der Waals surface area (Å²) in [5.41, 5.74) is 0.281. The first-order chi connectivity index (χ1) is 5.96. The zero-order valence-electron chi connectivity index (χ0n) is 8.96. The molecule has 3 nitrogen and oxygen atoms in total. The number of likely N-dealkylation sites (tertiary alicyclic amines) is 1. The van der Waals surface area contributed by atoms with E-state index in [1.54, 1.807) is 14.0 Å². The molecule has 0 aliphatic carbocycles. The van der Waals surface area contributed by atoms with Gasteiger partial charge in [0.15, 0.2) is 0 Å². The van der Waals surface area contributed by atoms with Crippen molar-refractivity contribution in [2.75, 3.05) is 20.2 Å². The van der Waals surface area contributed by atoms with Crippen LogP contribution in [0.1, 0.15) is 27.2 Å². The maximum absolute atomic E-state index is 11.7. The molecule has 0 aromatic heterocycles. The van der Waals surface area contributed by atoms with Crippen LogP contribution in [-0.2, 0) is 9.53 Å². The first-order valence-corrected chi connectivity index (χ1v) is 4.78. The number of methoxy groups -OCH3 is 1. The first kappa shape index (κ1) is 10.5. The molecule has 1 rings (SSSR count). The summed E-state index contributed by atoms with van der Waals surface area (Å²) in [7, 11) is 1.57. The van der Waals surface area contributed by atoms with E-state index in [4.69, 9.17) is 4.74 Å². The minimum atomic E-state index is -0.297. The molecule has 0 aromatic carbocycles. The SMILES string of the molecule is COC(C)C(=O)N1CCC(C)(C)C1. The largest absolute Gasteiger partial charge is 0.372 e. The third kappa shape index (κ3) is 2.44. The Morgan fingerprint density at radius 1 is 1.54 bits per heavy atom. The van der Waals surface area contributed by atoms with E-state index < -0.39 is 0 Å². The molecule has 1 heterocycles. The summed E-state index contributed by atoms with van der Waals surface area (Å²) in [4.78, 5) is 13.6. The van der Waals surface area contributed by atoms with Crippen LogP contribution in [0.3, 0.4) is 0 Å². The van der Waals surface area contributed by atoms with E-state index >= 15 is 0 Å². The number of nitrogens with zero attached hydrogens (tertiary/aromatic N) is 1. The van der Waals surface area contributed by atoms with Gasteiger partial charge in [0.25, 0.3) is 5.91 Å². The van der Waals surface area contributed by atoms with Gasteiger partial charge in [-0.1, -0.05) is 13.8 Å². The number of carbonyl (C=O) groups is 1. The van der Waals surface area contributed by atoms with Gasteiger partial charge in [-0.15, -0.1) is 0 Å². The molecule has 0 spiro atoms. The Hall–Kier alpha value is -0.570. The van der Waals surface area contributed by atoms with Crippen molar-refractivity contribution >= 4 is 5.91 Å². The van der Waals surface area contributed by atoms with Crippen LogP contribution in [0, 0.1) is 5.41 Å². The second-order valence-corrected chi connectivity index (χ2v) is 4.55. The van der Waals surface area contributed by atoms with Crippen molar-refractivity contribution < 1.29 is 9.53 Å². The van der Waals surface area contributed by atoms with Gasteiger partial charge in [0.1, 0.15) is 6.10 Å². The van der Waals surface area contributed by atoms with E-state index in [-0.39, 0.29) is 17.4 Å². The van der Waals surface area contributed by atoms with Crippen molar-refractivity contribution in [3.63, 3.8) is 0 Å². The average Bonchev–Trinajstić information content (AvgIpc) is 2.43. The molecular formula is C10H19NO2. The molecule has 1 fully saturated rings. The van der Waals surface area contributed by atoms with Crippen molar-refractivity contribution in [3.8, 4) is 0 Å². The number of ether oxygens (including phenoxy) is 1. The minimum absolute atomic E-state index is 0.119. The Balaban J connectivity index is 2.51. The number of rotatable bonds is 2. The van der Waals surface area contributed by atoms with Crippen molar-refractivity contribution in [2.24, 2.45) is 5.41 Å². The lowest BCUT2D eigenvalue weighted by atomic mass is 9.93. The Morgan fingerprint density at radius 2 is 2.15 bits per heavy atom. The van der Waals surface area contributed by atoms with Gasteiger partial charge in [0.05, 0.1) is 0 Å². The van der Waals surface area contributed by atoms with Crippen LogP contribution in [0.2, 0.25) is 0 Å². The molecule has 1 saturated heterocycles. The first-order valence-electron chi connectivity index (χ1n) is 4.78. The monoisotopic (exact) mass is 185 g/mol. The Morgan fingerprint density at radius 3 is 2.54 bits per heavy atom. The van der Waals surface area contributed by atoms with Crippen LogP contribution in [0.5, 0.6) is 0 Å². The van der Waals surface area contributed by atoms with Crippen molar-refractivity contribution in [2.45, 2.75) is 33.3 Å². The molecule has 1 aliphatic heterocycles. The standard InChI is InChI=1S/C10H19NO2/c1-8(13-4)9(12)11-6-5-10(2,3)7-11/h8H,5-7H2,1-4H3. The second kappa shape index (κ2) is 3.66. The highest BCUT2D eigenvalue weighted by Gasteiger charge is 2.33. The van der Waals surface area contributed by atoms with Gasteiger partial charge in [0.2, 0.25) is 0 Å². The van der Waals surface area contributed by atoms with Gasteiger partial charge >= 0.3 is 0 Å². The molecule has 0 N–H and O–H groups in total. The fourth-order valence-electron chi connectivity index (χ4n) is 1.66. The molecule has 0 aromatic rings. The highest BCUT2D eigenvalue weighted by Crippen LogP contribution is 2.29. The third-order valence-electron chi connectivity index (χ3n) is 2.69. The van der Waals surface area contributed by atoms with E-state index in [0.29, 0.717) is 0 Å². The zero-order valence-corrected chi connectivity index (χ0v) is 8.96. The molecule has 13 heavy (non-hydrogen) atoms. The Labute approximate surface area is 80.1 Å². The quantitative estimate of drug-likeness (QED) is 0.648. The molecule has 0 saturated carbocycles. The lowest BCUT2D eigenvalue weighted by Crippen LogP contribution is -2.37. The van der Waals surface area contributed by atoms with Crippen molar-refractivity contribution in [3.05, 3.63) is 0 Å².